The maximum absolute atomic E-state index is 10.5. The summed E-state index contributed by atoms with van der Waals surface area (Å²) in [5.41, 5.74) is 6.52. The molecule has 0 aromatic heterocycles. The molecular weight excluding hydrogens is 252 g/mol. The molecule has 4 heteroatoms. The number of hydrogen-bond acceptors (Lipinski definition) is 4. The van der Waals surface area contributed by atoms with Gasteiger partial charge >= 0.3 is 0 Å². The third-order valence-electron chi connectivity index (χ3n) is 2.67. The van der Waals surface area contributed by atoms with Crippen molar-refractivity contribution in [3.8, 4) is 5.75 Å². The molecule has 0 heterocycles. The molecule has 0 fully saturated rings. The van der Waals surface area contributed by atoms with Crippen molar-refractivity contribution in [1.29, 1.82) is 0 Å². The lowest BCUT2D eigenvalue weighted by Crippen LogP contribution is -2.27. The molecule has 1 rings (SSSR count). The van der Waals surface area contributed by atoms with Crippen molar-refractivity contribution in [2.45, 2.75) is 0 Å². The first-order valence-corrected chi connectivity index (χ1v) is 6.31. The number of benzene rings is 1. The van der Waals surface area contributed by atoms with Gasteiger partial charge in [0.25, 0.3) is 0 Å². The number of carbonyl (C=O) groups is 1. The number of aldehydes is 1. The van der Waals surface area contributed by atoms with Gasteiger partial charge in [-0.3, -0.25) is 4.79 Å². The molecule has 2 N–H and O–H groups in total. The monoisotopic (exact) mass is 272 g/mol. The van der Waals surface area contributed by atoms with Gasteiger partial charge in [0.05, 0.1) is 12.4 Å². The van der Waals surface area contributed by atoms with E-state index in [1.54, 1.807) is 36.4 Å². The Labute approximate surface area is 119 Å². The van der Waals surface area contributed by atoms with Gasteiger partial charge in [-0.25, -0.2) is 0 Å². The number of likely N-dealkylation sites (N-methyl/N-ethyl adjacent to an activating group) is 1. The zero-order chi connectivity index (χ0) is 14.8. The summed E-state index contributed by atoms with van der Waals surface area (Å²) in [5, 5.41) is 0. The second kappa shape index (κ2) is 8.58. The van der Waals surface area contributed by atoms with Crippen LogP contribution in [0.5, 0.6) is 5.75 Å². The predicted molar refractivity (Wildman–Crippen MR) is 81.6 cm³/mol. The molecule has 4 nitrogen and oxygen atoms in total. The van der Waals surface area contributed by atoms with Crippen LogP contribution < -0.4 is 10.5 Å². The fraction of sp³-hybridized carbons (Fsp3) is 0.188. The van der Waals surface area contributed by atoms with E-state index in [1.807, 2.05) is 24.1 Å². The summed E-state index contributed by atoms with van der Waals surface area (Å²) in [6, 6.07) is 6.99. The molecule has 0 radical (unpaired) electrons. The summed E-state index contributed by atoms with van der Waals surface area (Å²) in [4.78, 5) is 12.4. The van der Waals surface area contributed by atoms with Crippen LogP contribution in [0, 0.1) is 0 Å². The highest BCUT2D eigenvalue weighted by molar-refractivity contribution is 5.74. The van der Waals surface area contributed by atoms with Gasteiger partial charge in [-0.2, -0.15) is 0 Å². The molecule has 106 valence electrons. The van der Waals surface area contributed by atoms with E-state index in [2.05, 4.69) is 6.58 Å². The largest absolute Gasteiger partial charge is 0.492 e. The minimum Gasteiger partial charge on any atom is -0.492 e. The highest BCUT2D eigenvalue weighted by Crippen LogP contribution is 2.10. The van der Waals surface area contributed by atoms with Crippen LogP contribution in [0.25, 0.3) is 0 Å². The van der Waals surface area contributed by atoms with E-state index in [9.17, 15) is 4.79 Å². The Morgan fingerprint density at radius 2 is 2.05 bits per heavy atom. The molecular formula is C16H20N2O2. The Morgan fingerprint density at radius 1 is 1.35 bits per heavy atom. The molecule has 1 aromatic carbocycles. The van der Waals surface area contributed by atoms with E-state index in [0.29, 0.717) is 24.5 Å². The van der Waals surface area contributed by atoms with Crippen LogP contribution in [-0.2, 0) is 0 Å². The lowest BCUT2D eigenvalue weighted by atomic mass is 10.2. The smallest absolute Gasteiger partial charge is 0.150 e. The van der Waals surface area contributed by atoms with E-state index in [-0.39, 0.29) is 0 Å². The number of nitrogens with zero attached hydrogens (tertiary/aromatic N) is 1. The van der Waals surface area contributed by atoms with Crippen molar-refractivity contribution in [2.75, 3.05) is 20.2 Å². The zero-order valence-electron chi connectivity index (χ0n) is 11.7. The molecule has 0 atom stereocenters. The van der Waals surface area contributed by atoms with Crippen LogP contribution in [0.15, 0.2) is 61.0 Å². The van der Waals surface area contributed by atoms with Gasteiger partial charge in [-0.05, 0) is 30.3 Å². The Bertz CT molecular complexity index is 490. The highest BCUT2D eigenvalue weighted by Gasteiger charge is 2.00. The SMILES string of the molecule is C=C/C=C\C=C(/N)N(C)CCOc1ccc(C=O)cc1. The Balaban J connectivity index is 2.38. The van der Waals surface area contributed by atoms with Gasteiger partial charge in [0, 0.05) is 12.6 Å². The number of rotatable bonds is 8. The Kier molecular flexibility index (Phi) is 6.68. The van der Waals surface area contributed by atoms with Crippen LogP contribution in [0.4, 0.5) is 0 Å². The summed E-state index contributed by atoms with van der Waals surface area (Å²) < 4.78 is 5.58. The molecule has 0 saturated heterocycles. The van der Waals surface area contributed by atoms with Gasteiger partial charge in [-0.1, -0.05) is 24.8 Å². The van der Waals surface area contributed by atoms with Crippen LogP contribution in [-0.4, -0.2) is 31.4 Å². The number of carbonyl (C=O) groups excluding carboxylic acids is 1. The molecule has 1 aromatic rings. The topological polar surface area (TPSA) is 55.6 Å². The molecule has 20 heavy (non-hydrogen) atoms. The molecule has 0 spiro atoms. The molecule has 0 unspecified atom stereocenters. The summed E-state index contributed by atoms with van der Waals surface area (Å²) >= 11 is 0. The zero-order valence-corrected chi connectivity index (χ0v) is 11.7. The van der Waals surface area contributed by atoms with Gasteiger partial charge in [-0.15, -0.1) is 0 Å². The van der Waals surface area contributed by atoms with Crippen LogP contribution >= 0.6 is 0 Å². The molecule has 0 bridgehead atoms. The third-order valence-corrected chi connectivity index (χ3v) is 2.67. The van der Waals surface area contributed by atoms with Crippen molar-refractivity contribution < 1.29 is 9.53 Å². The van der Waals surface area contributed by atoms with Crippen molar-refractivity contribution >= 4 is 6.29 Å². The molecule has 0 amide bonds. The van der Waals surface area contributed by atoms with Crippen LogP contribution in [0.1, 0.15) is 10.4 Å². The predicted octanol–water partition coefficient (Wildman–Crippen LogP) is 2.35. The number of ether oxygens (including phenoxy) is 1. The van der Waals surface area contributed by atoms with E-state index in [0.717, 1.165) is 12.0 Å². The highest BCUT2D eigenvalue weighted by atomic mass is 16.5. The maximum atomic E-state index is 10.5. The number of nitrogens with two attached hydrogens (primary N) is 1. The first-order chi connectivity index (χ1) is 9.67. The fourth-order valence-corrected chi connectivity index (χ4v) is 1.43. The van der Waals surface area contributed by atoms with Crippen molar-refractivity contribution in [3.05, 3.63) is 66.5 Å². The van der Waals surface area contributed by atoms with Crippen molar-refractivity contribution in [3.63, 3.8) is 0 Å². The molecule has 0 aliphatic carbocycles. The van der Waals surface area contributed by atoms with Gasteiger partial charge < -0.3 is 15.4 Å². The van der Waals surface area contributed by atoms with E-state index >= 15 is 0 Å². The lowest BCUT2D eigenvalue weighted by molar-refractivity contribution is 0.112. The van der Waals surface area contributed by atoms with E-state index in [4.69, 9.17) is 10.5 Å². The van der Waals surface area contributed by atoms with Gasteiger partial charge in [0.15, 0.2) is 0 Å². The molecule has 0 aliphatic rings. The van der Waals surface area contributed by atoms with Crippen molar-refractivity contribution in [2.24, 2.45) is 5.73 Å². The van der Waals surface area contributed by atoms with E-state index in [1.165, 1.54) is 0 Å². The first kappa shape index (κ1) is 15.6. The first-order valence-electron chi connectivity index (χ1n) is 6.31. The maximum Gasteiger partial charge on any atom is 0.150 e. The van der Waals surface area contributed by atoms with Crippen LogP contribution in [0.3, 0.4) is 0 Å². The second-order valence-electron chi connectivity index (χ2n) is 4.17. The standard InChI is InChI=1S/C16H20N2O2/c1-3-4-5-6-16(17)18(2)11-12-20-15-9-7-14(13-19)8-10-15/h3-10,13H,1,11-12,17H2,2H3/b5-4-,16-6+. The minimum absolute atomic E-state index is 0.511. The second-order valence-corrected chi connectivity index (χ2v) is 4.17. The Morgan fingerprint density at radius 3 is 2.65 bits per heavy atom. The quantitative estimate of drug-likeness (QED) is 0.583. The normalized spacial score (nSPS) is 11.3. The third kappa shape index (κ3) is 5.44. The van der Waals surface area contributed by atoms with Crippen LogP contribution in [0.2, 0.25) is 0 Å². The molecule has 0 saturated carbocycles. The summed E-state index contributed by atoms with van der Waals surface area (Å²) in [5.74, 6) is 1.39. The molecule has 0 aliphatic heterocycles. The number of allylic oxidation sites excluding steroid dienone is 4. The van der Waals surface area contributed by atoms with E-state index < -0.39 is 0 Å². The lowest BCUT2D eigenvalue weighted by Gasteiger charge is -2.19. The average molecular weight is 272 g/mol. The van der Waals surface area contributed by atoms with Gasteiger partial charge in [0.2, 0.25) is 0 Å². The number of hydrogen-bond donors (Lipinski definition) is 1. The average Bonchev–Trinajstić information content (AvgIpc) is 2.48. The summed E-state index contributed by atoms with van der Waals surface area (Å²) in [6.45, 7) is 4.76. The fourth-order valence-electron chi connectivity index (χ4n) is 1.43. The Hall–Kier alpha value is -2.49. The van der Waals surface area contributed by atoms with Gasteiger partial charge in [0.1, 0.15) is 18.6 Å². The summed E-state index contributed by atoms with van der Waals surface area (Å²) in [6.07, 6.45) is 7.94. The van der Waals surface area contributed by atoms with Crippen molar-refractivity contribution in [1.82, 2.24) is 4.90 Å². The summed E-state index contributed by atoms with van der Waals surface area (Å²) in [7, 11) is 1.90. The minimum atomic E-state index is 0.511.